The molecule has 0 unspecified atom stereocenters. The molecule has 0 saturated heterocycles. The van der Waals surface area contributed by atoms with Gasteiger partial charge in [0.25, 0.3) is 0 Å². The minimum atomic E-state index is -0.834. The van der Waals surface area contributed by atoms with E-state index in [1.165, 1.54) is 7.11 Å². The van der Waals surface area contributed by atoms with Crippen LogP contribution in [0.4, 0.5) is 0 Å². The Morgan fingerprint density at radius 3 is 1.23 bits per heavy atom. The third-order valence-electron chi connectivity index (χ3n) is 5.29. The number of esters is 1. The van der Waals surface area contributed by atoms with E-state index in [9.17, 15) is 4.79 Å². The van der Waals surface area contributed by atoms with Gasteiger partial charge in [-0.1, -0.05) is 36.4 Å². The van der Waals surface area contributed by atoms with Crippen molar-refractivity contribution in [1.82, 2.24) is 5.32 Å². The van der Waals surface area contributed by atoms with E-state index < -0.39 is 5.54 Å². The van der Waals surface area contributed by atoms with Crippen molar-refractivity contribution in [2.75, 3.05) is 35.0 Å². The predicted octanol–water partition coefficient (Wildman–Crippen LogP) is 3.77. The number of carbonyl (C=O) groups is 1. The fourth-order valence-corrected chi connectivity index (χ4v) is 3.61. The zero-order chi connectivity index (χ0) is 22.3. The van der Waals surface area contributed by atoms with Crippen LogP contribution in [0.5, 0.6) is 17.2 Å². The maximum Gasteiger partial charge on any atom is 0.319 e. The maximum absolute atomic E-state index is 12.1. The Morgan fingerprint density at radius 1 is 0.645 bits per heavy atom. The molecule has 0 radical (unpaired) electrons. The van der Waals surface area contributed by atoms with Crippen molar-refractivity contribution >= 4 is 5.97 Å². The van der Waals surface area contributed by atoms with Crippen molar-refractivity contribution in [1.29, 1.82) is 0 Å². The van der Waals surface area contributed by atoms with Gasteiger partial charge in [0.1, 0.15) is 17.2 Å². The van der Waals surface area contributed by atoms with Crippen LogP contribution >= 0.6 is 0 Å². The van der Waals surface area contributed by atoms with E-state index >= 15 is 0 Å². The molecule has 0 bridgehead atoms. The first kappa shape index (κ1) is 22.2. The zero-order valence-corrected chi connectivity index (χ0v) is 18.2. The van der Waals surface area contributed by atoms with Crippen LogP contribution in [0.3, 0.4) is 0 Å². The molecule has 6 nitrogen and oxygen atoms in total. The molecular weight excluding hydrogens is 394 g/mol. The van der Waals surface area contributed by atoms with Crippen molar-refractivity contribution in [2.45, 2.75) is 5.54 Å². The molecule has 1 N–H and O–H groups in total. The summed E-state index contributed by atoms with van der Waals surface area (Å²) in [5.74, 6) is 1.88. The number of ether oxygens (including phenoxy) is 4. The first-order chi connectivity index (χ1) is 15.1. The molecule has 0 heterocycles. The lowest BCUT2D eigenvalue weighted by molar-refractivity contribution is -0.139. The Bertz CT molecular complexity index is 866. The first-order valence-electron chi connectivity index (χ1n) is 9.82. The summed E-state index contributed by atoms with van der Waals surface area (Å²) in [6.45, 7) is 0.0145. The summed E-state index contributed by atoms with van der Waals surface area (Å²) in [6, 6.07) is 23.3. The molecule has 0 aliphatic rings. The van der Waals surface area contributed by atoms with Gasteiger partial charge in [-0.2, -0.15) is 0 Å². The smallest absolute Gasteiger partial charge is 0.319 e. The third kappa shape index (κ3) is 4.64. The average molecular weight is 421 g/mol. The van der Waals surface area contributed by atoms with Gasteiger partial charge < -0.3 is 18.9 Å². The van der Waals surface area contributed by atoms with Gasteiger partial charge in [-0.05, 0) is 53.1 Å². The van der Waals surface area contributed by atoms with Gasteiger partial charge in [-0.25, -0.2) is 0 Å². The van der Waals surface area contributed by atoms with Crippen LogP contribution in [0.2, 0.25) is 0 Å². The number of rotatable bonds is 9. The number of hydrogen-bond acceptors (Lipinski definition) is 6. The van der Waals surface area contributed by atoms with E-state index in [4.69, 9.17) is 18.9 Å². The van der Waals surface area contributed by atoms with Crippen molar-refractivity contribution in [3.63, 3.8) is 0 Å². The Labute approximate surface area is 182 Å². The monoisotopic (exact) mass is 421 g/mol. The SMILES string of the molecule is COC(=O)CNC(c1ccc(OC)cc1)(c1ccc(OC)cc1)c1ccc(OC)cc1. The quantitative estimate of drug-likeness (QED) is 0.419. The van der Waals surface area contributed by atoms with E-state index in [1.807, 2.05) is 72.8 Å². The second-order valence-corrected chi connectivity index (χ2v) is 6.87. The Kier molecular flexibility index (Phi) is 7.15. The largest absolute Gasteiger partial charge is 0.497 e. The van der Waals surface area contributed by atoms with Crippen LogP contribution < -0.4 is 19.5 Å². The molecule has 0 saturated carbocycles. The van der Waals surface area contributed by atoms with Gasteiger partial charge in [0.2, 0.25) is 0 Å². The summed E-state index contributed by atoms with van der Waals surface area (Å²) < 4.78 is 20.9. The van der Waals surface area contributed by atoms with Gasteiger partial charge in [0.15, 0.2) is 0 Å². The molecule has 31 heavy (non-hydrogen) atoms. The van der Waals surface area contributed by atoms with Gasteiger partial charge in [-0.15, -0.1) is 0 Å². The number of nitrogens with one attached hydrogen (secondary N) is 1. The summed E-state index contributed by atoms with van der Waals surface area (Å²) in [5, 5.41) is 3.45. The highest BCUT2D eigenvalue weighted by Crippen LogP contribution is 2.38. The summed E-state index contributed by atoms with van der Waals surface area (Å²) in [5.41, 5.74) is 1.98. The van der Waals surface area contributed by atoms with Crippen molar-refractivity contribution < 1.29 is 23.7 Å². The van der Waals surface area contributed by atoms with Crippen LogP contribution in [0.1, 0.15) is 16.7 Å². The van der Waals surface area contributed by atoms with Crippen LogP contribution in [0.15, 0.2) is 72.8 Å². The second-order valence-electron chi connectivity index (χ2n) is 6.87. The molecule has 0 aromatic heterocycles. The number of hydrogen-bond donors (Lipinski definition) is 1. The molecule has 162 valence electrons. The highest BCUT2D eigenvalue weighted by Gasteiger charge is 2.37. The highest BCUT2D eigenvalue weighted by molar-refractivity contribution is 5.72. The lowest BCUT2D eigenvalue weighted by Crippen LogP contribution is -2.47. The maximum atomic E-state index is 12.1. The number of methoxy groups -OCH3 is 4. The summed E-state index contributed by atoms with van der Waals surface area (Å²) in [7, 11) is 6.26. The van der Waals surface area contributed by atoms with Crippen LogP contribution in [-0.4, -0.2) is 41.0 Å². The molecule has 0 atom stereocenters. The third-order valence-corrected chi connectivity index (χ3v) is 5.29. The van der Waals surface area contributed by atoms with Crippen LogP contribution in [0.25, 0.3) is 0 Å². The van der Waals surface area contributed by atoms with Crippen LogP contribution in [0, 0.1) is 0 Å². The van der Waals surface area contributed by atoms with E-state index in [-0.39, 0.29) is 12.5 Å². The Balaban J connectivity index is 2.24. The van der Waals surface area contributed by atoms with E-state index in [1.54, 1.807) is 21.3 Å². The average Bonchev–Trinajstić information content (AvgIpc) is 2.85. The summed E-state index contributed by atoms with van der Waals surface area (Å²) in [6.07, 6.45) is 0. The van der Waals surface area contributed by atoms with E-state index in [0.29, 0.717) is 0 Å². The molecule has 0 amide bonds. The predicted molar refractivity (Wildman–Crippen MR) is 119 cm³/mol. The Hall–Kier alpha value is -3.51. The van der Waals surface area contributed by atoms with Gasteiger partial charge in [-0.3, -0.25) is 10.1 Å². The molecule has 0 aliphatic heterocycles. The summed E-state index contributed by atoms with van der Waals surface area (Å²) >= 11 is 0. The van der Waals surface area contributed by atoms with Crippen molar-refractivity contribution in [2.24, 2.45) is 0 Å². The molecular formula is C25H27NO5. The van der Waals surface area contributed by atoms with Gasteiger partial charge in [0.05, 0.1) is 40.5 Å². The normalized spacial score (nSPS) is 11.0. The molecule has 3 aromatic carbocycles. The minimum Gasteiger partial charge on any atom is -0.497 e. The molecule has 6 heteroatoms. The van der Waals surface area contributed by atoms with Gasteiger partial charge in [0, 0.05) is 0 Å². The van der Waals surface area contributed by atoms with E-state index in [0.717, 1.165) is 33.9 Å². The zero-order valence-electron chi connectivity index (χ0n) is 18.2. The fourth-order valence-electron chi connectivity index (χ4n) is 3.61. The molecule has 0 aliphatic carbocycles. The highest BCUT2D eigenvalue weighted by atomic mass is 16.5. The second kappa shape index (κ2) is 10.00. The first-order valence-corrected chi connectivity index (χ1v) is 9.82. The lowest BCUT2D eigenvalue weighted by atomic mass is 9.77. The minimum absolute atomic E-state index is 0.0145. The molecule has 3 rings (SSSR count). The lowest BCUT2D eigenvalue weighted by Gasteiger charge is -2.37. The van der Waals surface area contributed by atoms with E-state index in [2.05, 4.69) is 5.32 Å². The molecule has 0 fully saturated rings. The van der Waals surface area contributed by atoms with Crippen molar-refractivity contribution in [3.05, 3.63) is 89.5 Å². The molecule has 0 spiro atoms. The molecule has 3 aromatic rings. The summed E-state index contributed by atoms with van der Waals surface area (Å²) in [4.78, 5) is 12.1. The van der Waals surface area contributed by atoms with Crippen LogP contribution in [-0.2, 0) is 15.1 Å². The number of benzene rings is 3. The fraction of sp³-hybridized carbons (Fsp3) is 0.240. The standard InChI is InChI=1S/C25H27NO5/c1-28-21-11-5-18(6-12-21)25(26-17-24(27)31-4,19-7-13-22(29-2)14-8-19)20-9-15-23(30-3)16-10-20/h5-16,26H,17H2,1-4H3. The van der Waals surface area contributed by atoms with Crippen molar-refractivity contribution in [3.8, 4) is 17.2 Å². The number of carbonyl (C=O) groups excluding carboxylic acids is 1. The topological polar surface area (TPSA) is 66.0 Å². The van der Waals surface area contributed by atoms with Gasteiger partial charge >= 0.3 is 5.97 Å². The Morgan fingerprint density at radius 2 is 0.968 bits per heavy atom.